The molecule has 0 aromatic heterocycles. The number of hydrogen-bond acceptors (Lipinski definition) is 4. The second kappa shape index (κ2) is 12.9. The van der Waals surface area contributed by atoms with Gasteiger partial charge in [0.2, 0.25) is 0 Å². The maximum Gasteiger partial charge on any atom is 0.305 e. The lowest BCUT2D eigenvalue weighted by atomic mass is 9.82. The predicted octanol–water partition coefficient (Wildman–Crippen LogP) is 5.69. The molecule has 30 heavy (non-hydrogen) atoms. The summed E-state index contributed by atoms with van der Waals surface area (Å²) in [5.74, 6) is 0.835. The Morgan fingerprint density at radius 3 is 2.60 bits per heavy atom. The zero-order chi connectivity index (χ0) is 21.9. The molecule has 2 N–H and O–H groups in total. The molecule has 1 fully saturated rings. The summed E-state index contributed by atoms with van der Waals surface area (Å²) in [6.45, 7) is 4.40. The van der Waals surface area contributed by atoms with Gasteiger partial charge in [0, 0.05) is 12.3 Å². The van der Waals surface area contributed by atoms with Crippen LogP contribution in [0.15, 0.2) is 36.4 Å². The third-order valence-corrected chi connectivity index (χ3v) is 6.56. The van der Waals surface area contributed by atoms with Crippen LogP contribution >= 0.6 is 0 Å². The first kappa shape index (κ1) is 24.6. The largest absolute Gasteiger partial charge is 0.469 e. The number of rotatable bonds is 12. The van der Waals surface area contributed by atoms with Crippen LogP contribution in [0.5, 0.6) is 0 Å². The summed E-state index contributed by atoms with van der Waals surface area (Å²) >= 11 is 0. The van der Waals surface area contributed by atoms with E-state index in [1.807, 2.05) is 12.1 Å². The molecule has 0 amide bonds. The van der Waals surface area contributed by atoms with Gasteiger partial charge in [0.05, 0.1) is 19.3 Å². The summed E-state index contributed by atoms with van der Waals surface area (Å²) < 4.78 is 4.67. The number of carbonyl (C=O) groups is 1. The zero-order valence-electron chi connectivity index (χ0n) is 18.9. The molecule has 5 atom stereocenters. The van der Waals surface area contributed by atoms with E-state index in [1.54, 1.807) is 0 Å². The number of benzene rings is 1. The van der Waals surface area contributed by atoms with Crippen molar-refractivity contribution in [3.05, 3.63) is 47.5 Å². The van der Waals surface area contributed by atoms with Gasteiger partial charge in [0.25, 0.3) is 0 Å². The van der Waals surface area contributed by atoms with Gasteiger partial charge >= 0.3 is 5.97 Å². The number of aliphatic hydroxyl groups excluding tert-OH is 2. The topological polar surface area (TPSA) is 66.8 Å². The molecule has 1 aliphatic rings. The Morgan fingerprint density at radius 1 is 1.20 bits per heavy atom. The van der Waals surface area contributed by atoms with Gasteiger partial charge in [-0.15, -0.1) is 0 Å². The number of hydrogen-bond donors (Lipinski definition) is 2. The summed E-state index contributed by atoms with van der Waals surface area (Å²) in [5.41, 5.74) is 2.14. The van der Waals surface area contributed by atoms with Crippen LogP contribution in [0.3, 0.4) is 0 Å². The summed E-state index contributed by atoms with van der Waals surface area (Å²) in [7, 11) is 1.42. The molecule has 1 aliphatic carbocycles. The quantitative estimate of drug-likeness (QED) is 0.261. The fourth-order valence-electron chi connectivity index (χ4n) is 4.72. The van der Waals surface area contributed by atoms with Gasteiger partial charge in [0.1, 0.15) is 0 Å². The van der Waals surface area contributed by atoms with E-state index < -0.39 is 6.10 Å². The van der Waals surface area contributed by atoms with E-state index in [-0.39, 0.29) is 18.0 Å². The minimum Gasteiger partial charge on any atom is -0.469 e. The van der Waals surface area contributed by atoms with E-state index in [0.717, 1.165) is 56.9 Å². The lowest BCUT2D eigenvalue weighted by Crippen LogP contribution is -2.18. The third kappa shape index (κ3) is 7.24. The van der Waals surface area contributed by atoms with Crippen molar-refractivity contribution in [3.63, 3.8) is 0 Å². The van der Waals surface area contributed by atoms with Gasteiger partial charge in [-0.2, -0.15) is 0 Å². The number of unbranched alkanes of at least 4 members (excludes halogenated alkanes) is 3. The fraction of sp³-hybridized carbons (Fsp3) is 0.654. The normalized spacial score (nSPS) is 25.0. The maximum atomic E-state index is 11.2. The number of esters is 1. The smallest absolute Gasteiger partial charge is 0.305 e. The second-order valence-electron chi connectivity index (χ2n) is 8.82. The van der Waals surface area contributed by atoms with Crippen molar-refractivity contribution >= 4 is 5.97 Å². The SMILES string of the molecule is CCCCCC(O)c1ccc([C@@H]2[C@@H](C/C=C\CCCC(=O)OC)[C@H](C)C[C@H]2O)cc1. The number of allylic oxidation sites excluding steroid dienone is 2. The number of ether oxygens (including phenoxy) is 1. The summed E-state index contributed by atoms with van der Waals surface area (Å²) in [4.78, 5) is 11.2. The number of aliphatic hydroxyl groups is 2. The predicted molar refractivity (Wildman–Crippen MR) is 121 cm³/mol. The van der Waals surface area contributed by atoms with Gasteiger partial charge in [-0.1, -0.05) is 69.5 Å². The van der Waals surface area contributed by atoms with Crippen molar-refractivity contribution in [2.75, 3.05) is 7.11 Å². The van der Waals surface area contributed by atoms with Crippen LogP contribution in [0, 0.1) is 11.8 Å². The average molecular weight is 417 g/mol. The van der Waals surface area contributed by atoms with E-state index in [0.29, 0.717) is 18.3 Å². The number of methoxy groups -OCH3 is 1. The molecule has 2 rings (SSSR count). The molecule has 0 heterocycles. The maximum absolute atomic E-state index is 11.2. The van der Waals surface area contributed by atoms with Crippen molar-refractivity contribution in [1.82, 2.24) is 0 Å². The van der Waals surface area contributed by atoms with Crippen LogP contribution in [-0.2, 0) is 9.53 Å². The first-order chi connectivity index (χ1) is 14.5. The highest BCUT2D eigenvalue weighted by Crippen LogP contribution is 2.45. The van der Waals surface area contributed by atoms with Crippen LogP contribution in [-0.4, -0.2) is 29.4 Å². The van der Waals surface area contributed by atoms with Gasteiger partial charge in [-0.3, -0.25) is 4.79 Å². The lowest BCUT2D eigenvalue weighted by molar-refractivity contribution is -0.140. The lowest BCUT2D eigenvalue weighted by Gasteiger charge is -2.24. The van der Waals surface area contributed by atoms with Gasteiger partial charge in [0.15, 0.2) is 0 Å². The Morgan fingerprint density at radius 2 is 1.93 bits per heavy atom. The van der Waals surface area contributed by atoms with Gasteiger partial charge in [-0.25, -0.2) is 0 Å². The highest BCUT2D eigenvalue weighted by atomic mass is 16.5. The molecule has 0 radical (unpaired) electrons. The van der Waals surface area contributed by atoms with Crippen molar-refractivity contribution < 1.29 is 19.7 Å². The minimum absolute atomic E-state index is 0.131. The van der Waals surface area contributed by atoms with Gasteiger partial charge < -0.3 is 14.9 Å². The zero-order valence-corrected chi connectivity index (χ0v) is 18.9. The molecule has 0 spiro atoms. The molecule has 1 unspecified atom stereocenters. The van der Waals surface area contributed by atoms with Crippen LogP contribution in [0.25, 0.3) is 0 Å². The van der Waals surface area contributed by atoms with E-state index >= 15 is 0 Å². The molecule has 0 aliphatic heterocycles. The number of carbonyl (C=O) groups excluding carboxylic acids is 1. The third-order valence-electron chi connectivity index (χ3n) is 6.56. The molecule has 1 aromatic rings. The monoisotopic (exact) mass is 416 g/mol. The molecular weight excluding hydrogens is 376 g/mol. The molecule has 1 saturated carbocycles. The summed E-state index contributed by atoms with van der Waals surface area (Å²) in [5, 5.41) is 21.1. The van der Waals surface area contributed by atoms with Crippen molar-refractivity contribution in [3.8, 4) is 0 Å². The Hall–Kier alpha value is -1.65. The van der Waals surface area contributed by atoms with E-state index in [9.17, 15) is 15.0 Å². The standard InChI is InChI=1S/C26H40O4/c1-4-5-8-12-23(27)20-14-16-21(17-15-20)26-22(19(2)18-24(26)28)11-9-6-7-10-13-25(29)30-3/h6,9,14-17,19,22-24,26-28H,4-5,7-8,10-13,18H2,1-3H3/b9-6-/t19-,22+,23?,24-,26-/m1/s1. The van der Waals surface area contributed by atoms with E-state index in [2.05, 4.69) is 42.9 Å². The first-order valence-corrected chi connectivity index (χ1v) is 11.7. The van der Waals surface area contributed by atoms with Crippen molar-refractivity contribution in [2.45, 2.75) is 89.8 Å². The Bertz CT molecular complexity index is 652. The van der Waals surface area contributed by atoms with Crippen molar-refractivity contribution in [1.29, 1.82) is 0 Å². The van der Waals surface area contributed by atoms with Crippen LogP contribution in [0.2, 0.25) is 0 Å². The highest BCUT2D eigenvalue weighted by molar-refractivity contribution is 5.69. The van der Waals surface area contributed by atoms with E-state index in [1.165, 1.54) is 12.7 Å². The van der Waals surface area contributed by atoms with Crippen molar-refractivity contribution in [2.24, 2.45) is 11.8 Å². The highest BCUT2D eigenvalue weighted by Gasteiger charge is 2.40. The first-order valence-electron chi connectivity index (χ1n) is 11.7. The summed E-state index contributed by atoms with van der Waals surface area (Å²) in [6.07, 6.45) is 11.7. The van der Waals surface area contributed by atoms with Gasteiger partial charge in [-0.05, 0) is 55.1 Å². The van der Waals surface area contributed by atoms with E-state index in [4.69, 9.17) is 0 Å². The Kier molecular flexibility index (Phi) is 10.6. The average Bonchev–Trinajstić information content (AvgIpc) is 3.03. The Balaban J connectivity index is 1.94. The summed E-state index contributed by atoms with van der Waals surface area (Å²) in [6, 6.07) is 8.25. The minimum atomic E-state index is -0.401. The molecule has 1 aromatic carbocycles. The molecular formula is C26H40O4. The van der Waals surface area contributed by atoms with Crippen LogP contribution in [0.4, 0.5) is 0 Å². The van der Waals surface area contributed by atoms with Crippen LogP contribution < -0.4 is 0 Å². The fourth-order valence-corrected chi connectivity index (χ4v) is 4.72. The molecule has 168 valence electrons. The molecule has 4 heteroatoms. The molecule has 4 nitrogen and oxygen atoms in total. The van der Waals surface area contributed by atoms with Crippen LogP contribution in [0.1, 0.15) is 94.8 Å². The Labute approximate surface area is 182 Å². The second-order valence-corrected chi connectivity index (χ2v) is 8.82. The molecule has 0 saturated heterocycles. The molecule has 0 bridgehead atoms.